The monoisotopic (exact) mass is 405 g/mol. The van der Waals surface area contributed by atoms with E-state index in [1.165, 1.54) is 25.6 Å². The number of rotatable bonds is 7. The summed E-state index contributed by atoms with van der Waals surface area (Å²) in [5.74, 6) is -2.67. The van der Waals surface area contributed by atoms with E-state index in [0.717, 1.165) is 4.90 Å². The minimum Gasteiger partial charge on any atom is -0.482 e. The van der Waals surface area contributed by atoms with Gasteiger partial charge >= 0.3 is 11.9 Å². The van der Waals surface area contributed by atoms with Gasteiger partial charge in [-0.05, 0) is 19.1 Å². The van der Waals surface area contributed by atoms with Crippen LogP contribution in [0.4, 0.5) is 0 Å². The van der Waals surface area contributed by atoms with Gasteiger partial charge in [-0.25, -0.2) is 4.79 Å². The molecular weight excluding hydrogens is 386 g/mol. The molecule has 1 fully saturated rings. The van der Waals surface area contributed by atoms with Crippen molar-refractivity contribution in [1.82, 2.24) is 4.90 Å². The lowest BCUT2D eigenvalue weighted by Crippen LogP contribution is -2.66. The molecule has 3 atom stereocenters. The first-order valence-electron chi connectivity index (χ1n) is 8.56. The third kappa shape index (κ3) is 3.75. The van der Waals surface area contributed by atoms with Crippen molar-refractivity contribution in [3.63, 3.8) is 0 Å². The lowest BCUT2D eigenvalue weighted by Gasteiger charge is -2.51. The van der Waals surface area contributed by atoms with Crippen LogP contribution in [0.1, 0.15) is 13.8 Å². The zero-order valence-corrected chi connectivity index (χ0v) is 16.1. The van der Waals surface area contributed by atoms with Gasteiger partial charge in [-0.2, -0.15) is 0 Å². The van der Waals surface area contributed by atoms with Crippen LogP contribution in [0.25, 0.3) is 0 Å². The van der Waals surface area contributed by atoms with E-state index in [2.05, 4.69) is 0 Å². The van der Waals surface area contributed by atoms with Gasteiger partial charge < -0.3 is 14.6 Å². The quantitative estimate of drug-likeness (QED) is 0.536. The highest BCUT2D eigenvalue weighted by atomic mass is 32.2. The largest absolute Gasteiger partial charge is 0.482 e. The van der Waals surface area contributed by atoms with Crippen molar-refractivity contribution in [2.75, 3.05) is 12.4 Å². The van der Waals surface area contributed by atoms with Gasteiger partial charge in [-0.1, -0.05) is 18.2 Å². The number of benzene rings is 1. The summed E-state index contributed by atoms with van der Waals surface area (Å²) in [6, 6.07) is 8.68. The molecule has 0 saturated carbocycles. The molecular formula is C19H19NO7S. The number of nitrogens with zero attached hydrogens (tertiary/aromatic N) is 1. The number of ketones is 1. The Morgan fingerprint density at radius 2 is 1.93 bits per heavy atom. The maximum absolute atomic E-state index is 12.8. The van der Waals surface area contributed by atoms with Gasteiger partial charge in [-0.3, -0.25) is 19.3 Å². The Balaban J connectivity index is 1.84. The zero-order valence-electron chi connectivity index (χ0n) is 15.3. The van der Waals surface area contributed by atoms with E-state index < -0.39 is 35.2 Å². The third-order valence-electron chi connectivity index (χ3n) is 4.47. The van der Waals surface area contributed by atoms with E-state index >= 15 is 0 Å². The van der Waals surface area contributed by atoms with Crippen molar-refractivity contribution < 1.29 is 33.8 Å². The van der Waals surface area contributed by atoms with Crippen LogP contribution in [0, 0.1) is 5.92 Å². The number of para-hydroxylation sites is 1. The second kappa shape index (κ2) is 8.05. The van der Waals surface area contributed by atoms with E-state index in [9.17, 15) is 24.3 Å². The third-order valence-corrected chi connectivity index (χ3v) is 5.83. The number of aliphatic carboxylic acids is 1. The van der Waals surface area contributed by atoms with Gasteiger partial charge in [0.2, 0.25) is 5.91 Å². The number of carbonyl (C=O) groups excluding carboxylic acids is 3. The normalized spacial score (nSPS) is 22.1. The first kappa shape index (κ1) is 19.9. The number of amides is 1. The van der Waals surface area contributed by atoms with Crippen LogP contribution >= 0.6 is 11.8 Å². The maximum atomic E-state index is 12.8. The zero-order chi connectivity index (χ0) is 20.4. The highest BCUT2D eigenvalue weighted by Crippen LogP contribution is 2.46. The summed E-state index contributed by atoms with van der Waals surface area (Å²) in [6.07, 6.45) is -1.01. The lowest BCUT2D eigenvalue weighted by molar-refractivity contribution is -0.160. The van der Waals surface area contributed by atoms with Crippen LogP contribution in [-0.4, -0.2) is 57.5 Å². The second-order valence-corrected chi connectivity index (χ2v) is 7.54. The molecule has 1 amide bonds. The fourth-order valence-corrected chi connectivity index (χ4v) is 4.63. The van der Waals surface area contributed by atoms with Crippen molar-refractivity contribution in [2.24, 2.45) is 5.92 Å². The van der Waals surface area contributed by atoms with Gasteiger partial charge in [0, 0.05) is 18.2 Å². The van der Waals surface area contributed by atoms with Gasteiger partial charge in [0.25, 0.3) is 0 Å². The molecule has 9 heteroatoms. The minimum atomic E-state index is -1.28. The second-order valence-electron chi connectivity index (χ2n) is 6.44. The topological polar surface area (TPSA) is 110 Å². The predicted molar refractivity (Wildman–Crippen MR) is 99.4 cm³/mol. The van der Waals surface area contributed by atoms with Gasteiger partial charge in [0.15, 0.2) is 11.9 Å². The lowest BCUT2D eigenvalue weighted by atomic mass is 9.88. The van der Waals surface area contributed by atoms with Crippen molar-refractivity contribution >= 4 is 35.4 Å². The Hall–Kier alpha value is -2.81. The summed E-state index contributed by atoms with van der Waals surface area (Å²) < 4.78 is 10.7. The van der Waals surface area contributed by atoms with Crippen molar-refractivity contribution in [3.8, 4) is 5.75 Å². The smallest absolute Gasteiger partial charge is 0.352 e. The summed E-state index contributed by atoms with van der Waals surface area (Å²) in [4.78, 5) is 48.9. The first-order chi connectivity index (χ1) is 13.3. The number of ether oxygens (including phenoxy) is 2. The van der Waals surface area contributed by atoms with E-state index in [1.807, 2.05) is 0 Å². The van der Waals surface area contributed by atoms with Crippen molar-refractivity contribution in [2.45, 2.75) is 25.3 Å². The fourth-order valence-electron chi connectivity index (χ4n) is 3.21. The Kier molecular flexibility index (Phi) is 5.73. The predicted octanol–water partition coefficient (Wildman–Crippen LogP) is 1.46. The number of Topliss-reactive ketones (excluding diaryl/α,β-unsaturated/α-hetero) is 1. The number of β-lactam (4-membered cyclic amide) rings is 1. The van der Waals surface area contributed by atoms with Gasteiger partial charge in [-0.15, -0.1) is 11.8 Å². The Morgan fingerprint density at radius 3 is 2.50 bits per heavy atom. The Bertz CT molecular complexity index is 851. The highest BCUT2D eigenvalue weighted by molar-refractivity contribution is 8.00. The Morgan fingerprint density at radius 1 is 1.25 bits per heavy atom. The van der Waals surface area contributed by atoms with E-state index in [1.54, 1.807) is 30.3 Å². The molecule has 3 rings (SSSR count). The molecule has 1 unspecified atom stereocenters. The summed E-state index contributed by atoms with van der Waals surface area (Å²) >= 11 is 1.32. The molecule has 1 aromatic rings. The number of thioether (sulfide) groups is 1. The van der Waals surface area contributed by atoms with Crippen molar-refractivity contribution in [3.05, 3.63) is 41.6 Å². The van der Waals surface area contributed by atoms with E-state index in [4.69, 9.17) is 9.47 Å². The Labute approximate surface area is 165 Å². The maximum Gasteiger partial charge on any atom is 0.352 e. The summed E-state index contributed by atoms with van der Waals surface area (Å²) in [6.45, 7) is 2.38. The molecule has 148 valence electrons. The molecule has 1 saturated heterocycles. The van der Waals surface area contributed by atoms with Gasteiger partial charge in [0.1, 0.15) is 24.0 Å². The van der Waals surface area contributed by atoms with E-state index in [0.29, 0.717) is 11.3 Å². The van der Waals surface area contributed by atoms with Crippen LogP contribution < -0.4 is 4.74 Å². The molecule has 0 spiro atoms. The number of hydrogen-bond donors (Lipinski definition) is 1. The standard InChI is InChI=1S/C19H19NO7S/c1-10(21)16(27-13-6-4-3-5-7-13)14-17(23)20-15(19(24)25)12(8-26-11(2)22)9-28-18(14)20/h3-7,14,16,18H,8-9H2,1-2H3,(H,24,25)/t14-,16?,18-/m1/s1. The van der Waals surface area contributed by atoms with Crippen LogP contribution in [0.2, 0.25) is 0 Å². The minimum absolute atomic E-state index is 0.187. The molecule has 1 N–H and O–H groups in total. The SMILES string of the molecule is CC(=O)OCC1=C(C(=O)O)N2C(=O)[C@@H](C(Oc3ccccc3)C(C)=O)[C@H]2SC1. The number of esters is 1. The molecule has 0 bridgehead atoms. The van der Waals surface area contributed by atoms with Crippen LogP contribution in [0.15, 0.2) is 41.6 Å². The summed E-state index contributed by atoms with van der Waals surface area (Å²) in [5, 5.41) is 9.05. The molecule has 2 heterocycles. The fraction of sp³-hybridized carbons (Fsp3) is 0.368. The summed E-state index contributed by atoms with van der Waals surface area (Å²) in [7, 11) is 0. The molecule has 28 heavy (non-hydrogen) atoms. The highest BCUT2D eigenvalue weighted by Gasteiger charge is 2.58. The molecule has 8 nitrogen and oxygen atoms in total. The number of hydrogen-bond acceptors (Lipinski definition) is 7. The molecule has 0 radical (unpaired) electrons. The van der Waals surface area contributed by atoms with Crippen LogP contribution in [0.5, 0.6) is 5.75 Å². The van der Waals surface area contributed by atoms with Crippen molar-refractivity contribution in [1.29, 1.82) is 0 Å². The molecule has 2 aliphatic heterocycles. The summed E-state index contributed by atoms with van der Waals surface area (Å²) in [5.41, 5.74) is 0.160. The number of fused-ring (bicyclic) bond motifs is 1. The molecule has 1 aromatic carbocycles. The molecule has 0 aliphatic carbocycles. The number of carboxylic acid groups (broad SMARTS) is 1. The van der Waals surface area contributed by atoms with Gasteiger partial charge in [0.05, 0.1) is 5.37 Å². The average Bonchev–Trinajstić information content (AvgIpc) is 2.65. The van der Waals surface area contributed by atoms with Crippen LogP contribution in [-0.2, 0) is 23.9 Å². The molecule has 0 aromatic heterocycles. The van der Waals surface area contributed by atoms with E-state index in [-0.39, 0.29) is 23.8 Å². The first-order valence-corrected chi connectivity index (χ1v) is 9.61. The number of carboxylic acids is 1. The average molecular weight is 405 g/mol. The molecule has 2 aliphatic rings. The number of carbonyl (C=O) groups is 4. The van der Waals surface area contributed by atoms with Crippen LogP contribution in [0.3, 0.4) is 0 Å².